The van der Waals surface area contributed by atoms with Crippen LogP contribution in [0.5, 0.6) is 11.5 Å². The van der Waals surface area contributed by atoms with Crippen molar-refractivity contribution >= 4 is 28.7 Å². The number of nitrogens with zero attached hydrogens (tertiary/aromatic N) is 1. The summed E-state index contributed by atoms with van der Waals surface area (Å²) in [4.78, 5) is 38.2. The van der Waals surface area contributed by atoms with E-state index in [4.69, 9.17) is 14.2 Å². The van der Waals surface area contributed by atoms with Crippen molar-refractivity contribution in [2.75, 3.05) is 19.0 Å². The molecule has 0 saturated heterocycles. The fourth-order valence-corrected chi connectivity index (χ4v) is 3.45. The van der Waals surface area contributed by atoms with E-state index < -0.39 is 68.8 Å². The lowest BCUT2D eigenvalue weighted by molar-refractivity contribution is 0.0520. The number of nitrogens with one attached hydrogen (secondary N) is 1. The van der Waals surface area contributed by atoms with Crippen LogP contribution < -0.4 is 15.6 Å². The van der Waals surface area contributed by atoms with E-state index in [1.807, 2.05) is 0 Å². The first kappa shape index (κ1) is 26.4. The second-order valence-corrected chi connectivity index (χ2v) is 8.47. The van der Waals surface area contributed by atoms with Gasteiger partial charge in [-0.05, 0) is 45.9 Å². The summed E-state index contributed by atoms with van der Waals surface area (Å²) in [5.74, 6) is -6.27. The molecule has 0 fully saturated rings. The van der Waals surface area contributed by atoms with Gasteiger partial charge in [0.05, 0.1) is 24.9 Å². The highest BCUT2D eigenvalue weighted by molar-refractivity contribution is 6.00. The van der Waals surface area contributed by atoms with Gasteiger partial charge in [-0.25, -0.2) is 22.8 Å². The number of aromatic nitrogens is 1. The van der Waals surface area contributed by atoms with E-state index in [0.717, 1.165) is 19.2 Å². The molecule has 0 aliphatic rings. The minimum absolute atomic E-state index is 0.155. The van der Waals surface area contributed by atoms with E-state index in [9.17, 15) is 32.7 Å². The van der Waals surface area contributed by atoms with Crippen molar-refractivity contribution in [2.45, 2.75) is 33.3 Å². The molecule has 0 atom stereocenters. The Balaban J connectivity index is 2.40. The summed E-state index contributed by atoms with van der Waals surface area (Å²) in [6.07, 6.45) is -1.04. The number of benzene rings is 2. The van der Waals surface area contributed by atoms with E-state index >= 15 is 0 Å². The largest absolute Gasteiger partial charge is 0.506 e. The molecule has 0 bridgehead atoms. The van der Waals surface area contributed by atoms with Crippen molar-refractivity contribution in [1.82, 2.24) is 4.57 Å². The van der Waals surface area contributed by atoms with Gasteiger partial charge in [-0.3, -0.25) is 14.7 Å². The fraction of sp³-hybridized carbons (Fsp3) is 0.292. The molecule has 12 heteroatoms. The molecule has 192 valence electrons. The number of hydrogen-bond acceptors (Lipinski definition) is 7. The molecule has 2 aromatic carbocycles. The third-order valence-electron chi connectivity index (χ3n) is 4.82. The van der Waals surface area contributed by atoms with Gasteiger partial charge in [0.2, 0.25) is 0 Å². The number of carbonyl (C=O) groups excluding carboxylic acids is 2. The number of carbonyl (C=O) groups is 2. The Labute approximate surface area is 203 Å². The number of fused-ring (bicyclic) bond motifs is 1. The van der Waals surface area contributed by atoms with E-state index in [1.54, 1.807) is 20.8 Å². The van der Waals surface area contributed by atoms with Gasteiger partial charge >= 0.3 is 12.1 Å². The van der Waals surface area contributed by atoms with Crippen LogP contribution in [-0.4, -0.2) is 41.1 Å². The summed E-state index contributed by atoms with van der Waals surface area (Å²) in [6, 6.07) is 3.14. The average molecular weight is 508 g/mol. The summed E-state index contributed by atoms with van der Waals surface area (Å²) in [5.41, 5.74) is -4.17. The molecular weight excluding hydrogens is 485 g/mol. The van der Waals surface area contributed by atoms with Gasteiger partial charge in [0.25, 0.3) is 5.56 Å². The molecule has 36 heavy (non-hydrogen) atoms. The number of pyridine rings is 1. The molecule has 1 aromatic heterocycles. The quantitative estimate of drug-likeness (QED) is 0.482. The standard InChI is InChI=1S/C24H23F3N2O7/c1-6-35-22(32)17-19(30)11-9-13(26)14(27)10-16(11)29(21(17)31)15-8-7-12(25)18(20(15)34-5)28-23(33)36-24(2,3)4/h7-10,30H,6H2,1-5H3,(H,28,33). The van der Waals surface area contributed by atoms with Crippen LogP contribution in [0, 0.1) is 17.5 Å². The van der Waals surface area contributed by atoms with Crippen LogP contribution in [0.1, 0.15) is 38.1 Å². The molecule has 1 heterocycles. The Morgan fingerprint density at radius 3 is 2.31 bits per heavy atom. The molecule has 1 amide bonds. The van der Waals surface area contributed by atoms with Gasteiger partial charge in [-0.1, -0.05) is 0 Å². The first-order chi connectivity index (χ1) is 16.8. The second kappa shape index (κ2) is 9.80. The number of hydrogen-bond donors (Lipinski definition) is 2. The van der Waals surface area contributed by atoms with E-state index in [2.05, 4.69) is 5.32 Å². The number of ether oxygens (including phenoxy) is 3. The van der Waals surface area contributed by atoms with Crippen LogP contribution in [-0.2, 0) is 9.47 Å². The van der Waals surface area contributed by atoms with Crippen molar-refractivity contribution in [3.8, 4) is 17.2 Å². The van der Waals surface area contributed by atoms with E-state index in [1.165, 1.54) is 6.92 Å². The molecule has 3 rings (SSSR count). The van der Waals surface area contributed by atoms with Gasteiger partial charge < -0.3 is 19.3 Å². The molecular formula is C24H23F3N2O7. The number of aromatic hydroxyl groups is 1. The number of esters is 1. The summed E-state index contributed by atoms with van der Waals surface area (Å²) in [7, 11) is 1.11. The highest BCUT2D eigenvalue weighted by atomic mass is 19.2. The van der Waals surface area contributed by atoms with Crippen molar-refractivity contribution in [2.24, 2.45) is 0 Å². The number of methoxy groups -OCH3 is 1. The predicted molar refractivity (Wildman–Crippen MR) is 123 cm³/mol. The van der Waals surface area contributed by atoms with Gasteiger partial charge in [-0.15, -0.1) is 0 Å². The summed E-state index contributed by atoms with van der Waals surface area (Å²) >= 11 is 0. The highest BCUT2D eigenvalue weighted by Crippen LogP contribution is 2.37. The number of amides is 1. The lowest BCUT2D eigenvalue weighted by atomic mass is 10.1. The van der Waals surface area contributed by atoms with Crippen LogP contribution >= 0.6 is 0 Å². The van der Waals surface area contributed by atoms with Crippen LogP contribution in [0.15, 0.2) is 29.1 Å². The first-order valence-corrected chi connectivity index (χ1v) is 10.6. The zero-order valence-corrected chi connectivity index (χ0v) is 20.0. The molecule has 0 aliphatic carbocycles. The third-order valence-corrected chi connectivity index (χ3v) is 4.82. The molecule has 0 spiro atoms. The lowest BCUT2D eigenvalue weighted by Crippen LogP contribution is -2.29. The number of anilines is 1. The van der Waals surface area contributed by atoms with Crippen molar-refractivity contribution in [3.05, 3.63) is 57.6 Å². The van der Waals surface area contributed by atoms with Crippen LogP contribution in [0.25, 0.3) is 16.6 Å². The predicted octanol–water partition coefficient (Wildman–Crippen LogP) is 4.65. The summed E-state index contributed by atoms with van der Waals surface area (Å²) in [5, 5.41) is 12.4. The van der Waals surface area contributed by atoms with Crippen LogP contribution in [0.3, 0.4) is 0 Å². The maximum absolute atomic E-state index is 14.8. The zero-order chi connectivity index (χ0) is 26.9. The van der Waals surface area contributed by atoms with Gasteiger partial charge in [0.15, 0.2) is 28.8 Å². The summed E-state index contributed by atoms with van der Waals surface area (Å²) in [6.45, 7) is 6.06. The normalized spacial score (nSPS) is 11.3. The Hall–Kier alpha value is -4.22. The van der Waals surface area contributed by atoms with E-state index in [-0.39, 0.29) is 17.8 Å². The molecule has 2 N–H and O–H groups in total. The van der Waals surface area contributed by atoms with E-state index in [0.29, 0.717) is 16.7 Å². The van der Waals surface area contributed by atoms with Crippen LogP contribution in [0.2, 0.25) is 0 Å². The van der Waals surface area contributed by atoms with Gasteiger partial charge in [0, 0.05) is 11.5 Å². The summed E-state index contributed by atoms with van der Waals surface area (Å²) < 4.78 is 59.0. The average Bonchev–Trinajstić information content (AvgIpc) is 2.76. The first-order valence-electron chi connectivity index (χ1n) is 10.6. The maximum Gasteiger partial charge on any atom is 0.412 e. The smallest absolute Gasteiger partial charge is 0.412 e. The van der Waals surface area contributed by atoms with Crippen molar-refractivity contribution in [1.29, 1.82) is 0 Å². The van der Waals surface area contributed by atoms with Gasteiger partial charge in [0.1, 0.15) is 17.0 Å². The molecule has 0 saturated carbocycles. The van der Waals surface area contributed by atoms with Gasteiger partial charge in [-0.2, -0.15) is 0 Å². The highest BCUT2D eigenvalue weighted by Gasteiger charge is 2.28. The number of halogens is 3. The Bertz CT molecular complexity index is 1430. The molecule has 9 nitrogen and oxygen atoms in total. The molecule has 0 unspecified atom stereocenters. The Kier molecular flexibility index (Phi) is 7.18. The van der Waals surface area contributed by atoms with Crippen LogP contribution in [0.4, 0.5) is 23.7 Å². The molecule has 3 aromatic rings. The van der Waals surface area contributed by atoms with Crippen molar-refractivity contribution < 1.29 is 42.1 Å². The molecule has 0 radical (unpaired) electrons. The Morgan fingerprint density at radius 2 is 1.72 bits per heavy atom. The lowest BCUT2D eigenvalue weighted by Gasteiger charge is -2.22. The number of rotatable bonds is 5. The fourth-order valence-electron chi connectivity index (χ4n) is 3.45. The zero-order valence-electron chi connectivity index (χ0n) is 20.0. The maximum atomic E-state index is 14.8. The minimum Gasteiger partial charge on any atom is -0.506 e. The van der Waals surface area contributed by atoms with Crippen molar-refractivity contribution in [3.63, 3.8) is 0 Å². The Morgan fingerprint density at radius 1 is 1.08 bits per heavy atom. The monoisotopic (exact) mass is 508 g/mol. The molecule has 0 aliphatic heterocycles. The topological polar surface area (TPSA) is 116 Å². The SMILES string of the molecule is CCOC(=O)c1c(O)c2cc(F)c(F)cc2n(-c2ccc(F)c(NC(=O)OC(C)(C)C)c2OC)c1=O. The minimum atomic E-state index is -1.37. The second-order valence-electron chi connectivity index (χ2n) is 8.47. The third kappa shape index (κ3) is 4.92.